The molecule has 0 atom stereocenters. The van der Waals surface area contributed by atoms with Crippen molar-refractivity contribution < 1.29 is 29.5 Å². The Morgan fingerprint density at radius 1 is 0.485 bits per heavy atom. The molecule has 0 amide bonds. The van der Waals surface area contributed by atoms with Crippen LogP contribution in [0.5, 0.6) is 34.5 Å². The summed E-state index contributed by atoms with van der Waals surface area (Å²) in [6, 6.07) is 14.1. The first-order valence-electron chi connectivity index (χ1n) is 9.81. The monoisotopic (exact) mass is 447 g/mol. The molecule has 9 heteroatoms. The zero-order valence-electron chi connectivity index (χ0n) is 18.1. The van der Waals surface area contributed by atoms with Crippen LogP contribution in [-0.4, -0.2) is 51.6 Å². The van der Waals surface area contributed by atoms with Crippen molar-refractivity contribution in [1.29, 1.82) is 0 Å². The summed E-state index contributed by atoms with van der Waals surface area (Å²) >= 11 is 0. The molecule has 3 aromatic carbocycles. The van der Waals surface area contributed by atoms with E-state index in [0.717, 1.165) is 0 Å². The summed E-state index contributed by atoms with van der Waals surface area (Å²) in [6.07, 6.45) is 0. The number of rotatable bonds is 6. The highest BCUT2D eigenvalue weighted by atomic mass is 16.5. The number of methoxy groups -OCH3 is 3. The Morgan fingerprint density at radius 2 is 0.758 bits per heavy atom. The molecule has 0 fully saturated rings. The molecule has 9 nitrogen and oxygen atoms in total. The molecule has 0 bridgehead atoms. The van der Waals surface area contributed by atoms with E-state index >= 15 is 0 Å². The maximum Gasteiger partial charge on any atom is 0.167 e. The number of phenolic OH excluding ortho intramolecular Hbond substituents is 3. The van der Waals surface area contributed by atoms with Crippen molar-refractivity contribution in [2.45, 2.75) is 0 Å². The standard InChI is InChI=1S/C24H21N3O6/c1-31-13-4-7-16(19(28)10-13)22-25-23(17-8-5-14(32-2)11-20(17)29)27-24(26-22)18-9-6-15(33-3)12-21(18)30/h4-12,28-30H,1-3H3. The Morgan fingerprint density at radius 3 is 0.970 bits per heavy atom. The van der Waals surface area contributed by atoms with Crippen molar-refractivity contribution >= 4 is 0 Å². The van der Waals surface area contributed by atoms with Gasteiger partial charge in [-0.15, -0.1) is 0 Å². The third-order valence-corrected chi connectivity index (χ3v) is 4.97. The zero-order valence-corrected chi connectivity index (χ0v) is 18.1. The Hall–Kier alpha value is -4.53. The van der Waals surface area contributed by atoms with E-state index in [-0.39, 0.29) is 34.7 Å². The largest absolute Gasteiger partial charge is 0.507 e. The molecule has 0 saturated carbocycles. The molecular formula is C24H21N3O6. The molecule has 0 aliphatic carbocycles. The van der Waals surface area contributed by atoms with Gasteiger partial charge in [-0.3, -0.25) is 0 Å². The van der Waals surface area contributed by atoms with E-state index in [1.54, 1.807) is 36.4 Å². The van der Waals surface area contributed by atoms with Crippen molar-refractivity contribution in [2.24, 2.45) is 0 Å². The van der Waals surface area contributed by atoms with E-state index in [1.165, 1.54) is 39.5 Å². The lowest BCUT2D eigenvalue weighted by Gasteiger charge is -2.12. The fourth-order valence-electron chi connectivity index (χ4n) is 3.22. The van der Waals surface area contributed by atoms with E-state index in [9.17, 15) is 15.3 Å². The summed E-state index contributed by atoms with van der Waals surface area (Å²) in [6.45, 7) is 0. The molecule has 0 spiro atoms. The highest BCUT2D eigenvalue weighted by molar-refractivity contribution is 5.74. The number of phenols is 3. The second-order valence-electron chi connectivity index (χ2n) is 6.96. The molecule has 1 aromatic heterocycles. The average molecular weight is 447 g/mol. The van der Waals surface area contributed by atoms with Gasteiger partial charge in [-0.1, -0.05) is 0 Å². The molecule has 0 aliphatic rings. The molecule has 168 valence electrons. The van der Waals surface area contributed by atoms with Crippen LogP contribution < -0.4 is 14.2 Å². The first kappa shape index (κ1) is 21.7. The molecule has 0 saturated heterocycles. The topological polar surface area (TPSA) is 127 Å². The molecule has 4 rings (SSSR count). The maximum atomic E-state index is 10.5. The Bertz CT molecular complexity index is 1150. The number of ether oxygens (including phenoxy) is 3. The van der Waals surface area contributed by atoms with Crippen LogP contribution in [0.15, 0.2) is 54.6 Å². The van der Waals surface area contributed by atoms with Gasteiger partial charge in [0.1, 0.15) is 34.5 Å². The summed E-state index contributed by atoms with van der Waals surface area (Å²) in [7, 11) is 4.48. The summed E-state index contributed by atoms with van der Waals surface area (Å²) in [5.74, 6) is 1.51. The number of nitrogens with zero attached hydrogens (tertiary/aromatic N) is 3. The molecule has 3 N–H and O–H groups in total. The zero-order chi connectivity index (χ0) is 23.5. The molecule has 0 unspecified atom stereocenters. The van der Waals surface area contributed by atoms with Crippen molar-refractivity contribution in [2.75, 3.05) is 21.3 Å². The minimum absolute atomic E-state index is 0.102. The third kappa shape index (κ3) is 4.29. The molecular weight excluding hydrogens is 426 g/mol. The first-order chi connectivity index (χ1) is 15.9. The molecule has 0 radical (unpaired) electrons. The van der Waals surface area contributed by atoms with Crippen LogP contribution in [-0.2, 0) is 0 Å². The number of hydrogen-bond donors (Lipinski definition) is 3. The predicted octanol–water partition coefficient (Wildman–Crippen LogP) is 4.02. The molecule has 33 heavy (non-hydrogen) atoms. The van der Waals surface area contributed by atoms with Gasteiger partial charge in [-0.2, -0.15) is 0 Å². The normalized spacial score (nSPS) is 10.6. The Labute approximate surface area is 189 Å². The van der Waals surface area contributed by atoms with Crippen LogP contribution in [0.1, 0.15) is 0 Å². The minimum Gasteiger partial charge on any atom is -0.507 e. The molecule has 0 aliphatic heterocycles. The lowest BCUT2D eigenvalue weighted by molar-refractivity contribution is 0.408. The quantitative estimate of drug-likeness (QED) is 0.402. The summed E-state index contributed by atoms with van der Waals surface area (Å²) in [4.78, 5) is 13.4. The van der Waals surface area contributed by atoms with Crippen molar-refractivity contribution in [3.63, 3.8) is 0 Å². The van der Waals surface area contributed by atoms with Crippen LogP contribution in [0.25, 0.3) is 34.2 Å². The van der Waals surface area contributed by atoms with Crippen LogP contribution in [0.3, 0.4) is 0 Å². The predicted molar refractivity (Wildman–Crippen MR) is 121 cm³/mol. The second kappa shape index (κ2) is 8.91. The first-order valence-corrected chi connectivity index (χ1v) is 9.81. The van der Waals surface area contributed by atoms with Crippen molar-refractivity contribution in [3.8, 4) is 68.7 Å². The van der Waals surface area contributed by atoms with Gasteiger partial charge in [0.05, 0.1) is 38.0 Å². The van der Waals surface area contributed by atoms with Crippen LogP contribution in [0, 0.1) is 0 Å². The highest BCUT2D eigenvalue weighted by Gasteiger charge is 2.19. The van der Waals surface area contributed by atoms with Crippen LogP contribution in [0.2, 0.25) is 0 Å². The van der Waals surface area contributed by atoms with Gasteiger partial charge in [-0.25, -0.2) is 15.0 Å². The van der Waals surface area contributed by atoms with Crippen molar-refractivity contribution in [1.82, 2.24) is 15.0 Å². The maximum absolute atomic E-state index is 10.5. The Balaban J connectivity index is 1.94. The third-order valence-electron chi connectivity index (χ3n) is 4.97. The van der Waals surface area contributed by atoms with E-state index in [0.29, 0.717) is 33.9 Å². The average Bonchev–Trinajstić information content (AvgIpc) is 2.83. The van der Waals surface area contributed by atoms with E-state index in [1.807, 2.05) is 0 Å². The second-order valence-corrected chi connectivity index (χ2v) is 6.96. The van der Waals surface area contributed by atoms with Gasteiger partial charge in [-0.05, 0) is 36.4 Å². The summed E-state index contributed by atoms with van der Waals surface area (Å²) in [5.41, 5.74) is 0.963. The number of aromatic nitrogens is 3. The number of aromatic hydroxyl groups is 3. The van der Waals surface area contributed by atoms with E-state index < -0.39 is 0 Å². The molecule has 4 aromatic rings. The summed E-state index contributed by atoms with van der Waals surface area (Å²) < 4.78 is 15.4. The van der Waals surface area contributed by atoms with Gasteiger partial charge in [0.2, 0.25) is 0 Å². The highest BCUT2D eigenvalue weighted by Crippen LogP contribution is 2.37. The van der Waals surface area contributed by atoms with Crippen molar-refractivity contribution in [3.05, 3.63) is 54.6 Å². The Kier molecular flexibility index (Phi) is 5.86. The lowest BCUT2D eigenvalue weighted by atomic mass is 10.1. The smallest absolute Gasteiger partial charge is 0.167 e. The van der Waals surface area contributed by atoms with Crippen LogP contribution >= 0.6 is 0 Å². The van der Waals surface area contributed by atoms with E-state index in [4.69, 9.17) is 14.2 Å². The van der Waals surface area contributed by atoms with Gasteiger partial charge in [0.25, 0.3) is 0 Å². The van der Waals surface area contributed by atoms with E-state index in [2.05, 4.69) is 15.0 Å². The van der Waals surface area contributed by atoms with Gasteiger partial charge < -0.3 is 29.5 Å². The molecule has 1 heterocycles. The fraction of sp³-hybridized carbons (Fsp3) is 0.125. The minimum atomic E-state index is -0.102. The number of hydrogen-bond acceptors (Lipinski definition) is 9. The van der Waals surface area contributed by atoms with Gasteiger partial charge in [0.15, 0.2) is 17.5 Å². The van der Waals surface area contributed by atoms with Crippen LogP contribution in [0.4, 0.5) is 0 Å². The van der Waals surface area contributed by atoms with Gasteiger partial charge in [0, 0.05) is 18.2 Å². The van der Waals surface area contributed by atoms with Gasteiger partial charge >= 0.3 is 0 Å². The lowest BCUT2D eigenvalue weighted by Crippen LogP contribution is -2.01. The SMILES string of the molecule is COc1ccc(-c2nc(-c3ccc(OC)cc3O)nc(-c3ccc(OC)cc3O)n2)c(O)c1. The summed E-state index contributed by atoms with van der Waals surface area (Å²) in [5, 5.41) is 31.6. The fourth-order valence-corrected chi connectivity index (χ4v) is 3.22. The number of benzene rings is 3.